The van der Waals surface area contributed by atoms with Crippen LogP contribution in [0.2, 0.25) is 0 Å². The number of rotatable bonds is 2. The van der Waals surface area contributed by atoms with Gasteiger partial charge in [0.25, 0.3) is 0 Å². The van der Waals surface area contributed by atoms with Crippen LogP contribution in [-0.2, 0) is 0 Å². The molecule has 1 aromatic heterocycles. The van der Waals surface area contributed by atoms with E-state index in [2.05, 4.69) is 31.9 Å². The molecule has 1 saturated heterocycles. The molecule has 2 N–H and O–H groups in total. The first kappa shape index (κ1) is 12.7. The zero-order chi connectivity index (χ0) is 13.9. The van der Waals surface area contributed by atoms with E-state index in [4.69, 9.17) is 5.73 Å². The maximum atomic E-state index is 6.18. The van der Waals surface area contributed by atoms with Crippen LogP contribution in [0, 0.1) is 6.92 Å². The van der Waals surface area contributed by atoms with Crippen molar-refractivity contribution in [3.63, 3.8) is 0 Å². The number of para-hydroxylation sites is 1. The lowest BCUT2D eigenvalue weighted by Gasteiger charge is -2.36. The summed E-state index contributed by atoms with van der Waals surface area (Å²) >= 11 is 0. The summed E-state index contributed by atoms with van der Waals surface area (Å²) in [5.41, 5.74) is 9.34. The number of nitrogens with two attached hydrogens (primary N) is 1. The summed E-state index contributed by atoms with van der Waals surface area (Å²) < 4.78 is 0. The minimum atomic E-state index is 0.810. The summed E-state index contributed by atoms with van der Waals surface area (Å²) in [5.74, 6) is 0.810. The van der Waals surface area contributed by atoms with Crippen molar-refractivity contribution in [3.05, 3.63) is 42.2 Å². The molecular weight excluding hydrogens is 250 g/mol. The summed E-state index contributed by atoms with van der Waals surface area (Å²) in [7, 11) is 0. The summed E-state index contributed by atoms with van der Waals surface area (Å²) in [4.78, 5) is 13.2. The van der Waals surface area contributed by atoms with Crippen LogP contribution in [0.15, 0.2) is 36.7 Å². The molecule has 2 heterocycles. The lowest BCUT2D eigenvalue weighted by molar-refractivity contribution is 0.640. The molecule has 1 aliphatic rings. The van der Waals surface area contributed by atoms with Gasteiger partial charge in [0.1, 0.15) is 0 Å². The summed E-state index contributed by atoms with van der Waals surface area (Å²) in [5, 5.41) is 0. The average molecular weight is 269 g/mol. The predicted molar refractivity (Wildman–Crippen MR) is 82.0 cm³/mol. The van der Waals surface area contributed by atoms with Crippen LogP contribution in [0.5, 0.6) is 0 Å². The van der Waals surface area contributed by atoms with Crippen molar-refractivity contribution in [1.29, 1.82) is 0 Å². The largest absolute Gasteiger partial charge is 0.397 e. The first-order valence-electron chi connectivity index (χ1n) is 6.88. The molecule has 104 valence electrons. The maximum Gasteiger partial charge on any atom is 0.225 e. The van der Waals surface area contributed by atoms with Gasteiger partial charge < -0.3 is 15.5 Å². The molecule has 0 unspecified atom stereocenters. The van der Waals surface area contributed by atoms with Crippen molar-refractivity contribution in [1.82, 2.24) is 9.97 Å². The average Bonchev–Trinajstić information content (AvgIpc) is 2.51. The van der Waals surface area contributed by atoms with Gasteiger partial charge >= 0.3 is 0 Å². The molecule has 0 amide bonds. The Morgan fingerprint density at radius 1 is 0.950 bits per heavy atom. The second kappa shape index (κ2) is 5.36. The lowest BCUT2D eigenvalue weighted by atomic mass is 10.1. The Labute approximate surface area is 119 Å². The van der Waals surface area contributed by atoms with E-state index in [9.17, 15) is 0 Å². The topological polar surface area (TPSA) is 58.3 Å². The summed E-state index contributed by atoms with van der Waals surface area (Å²) in [6, 6.07) is 8.05. The number of piperazine rings is 1. The highest BCUT2D eigenvalue weighted by Gasteiger charge is 2.20. The van der Waals surface area contributed by atoms with Crippen LogP contribution < -0.4 is 15.5 Å². The number of hydrogen-bond acceptors (Lipinski definition) is 5. The molecule has 0 saturated carbocycles. The van der Waals surface area contributed by atoms with E-state index in [0.717, 1.165) is 49.1 Å². The highest BCUT2D eigenvalue weighted by Crippen LogP contribution is 2.27. The van der Waals surface area contributed by atoms with Crippen LogP contribution in [-0.4, -0.2) is 36.1 Å². The van der Waals surface area contributed by atoms with Gasteiger partial charge in [-0.3, -0.25) is 0 Å². The number of anilines is 3. The Balaban J connectivity index is 1.71. The Hall–Kier alpha value is -2.30. The molecule has 3 rings (SSSR count). The van der Waals surface area contributed by atoms with E-state index in [-0.39, 0.29) is 0 Å². The third kappa shape index (κ3) is 2.39. The van der Waals surface area contributed by atoms with E-state index < -0.39 is 0 Å². The Morgan fingerprint density at radius 3 is 2.30 bits per heavy atom. The monoisotopic (exact) mass is 269 g/mol. The van der Waals surface area contributed by atoms with Gasteiger partial charge in [0.15, 0.2) is 0 Å². The van der Waals surface area contributed by atoms with Crippen molar-refractivity contribution in [2.24, 2.45) is 0 Å². The Kier molecular flexibility index (Phi) is 3.41. The molecule has 0 atom stereocenters. The minimum Gasteiger partial charge on any atom is -0.397 e. The minimum absolute atomic E-state index is 0.810. The fraction of sp³-hybridized carbons (Fsp3) is 0.333. The van der Waals surface area contributed by atoms with Crippen molar-refractivity contribution >= 4 is 17.3 Å². The van der Waals surface area contributed by atoms with E-state index in [1.807, 2.05) is 19.1 Å². The molecule has 0 bridgehead atoms. The Morgan fingerprint density at radius 2 is 1.60 bits per heavy atom. The van der Waals surface area contributed by atoms with Crippen LogP contribution in [0.1, 0.15) is 5.56 Å². The lowest BCUT2D eigenvalue weighted by Crippen LogP contribution is -2.47. The second-order valence-corrected chi connectivity index (χ2v) is 5.03. The fourth-order valence-corrected chi connectivity index (χ4v) is 2.54. The predicted octanol–water partition coefficient (Wildman–Crippen LogP) is 1.69. The van der Waals surface area contributed by atoms with Gasteiger partial charge in [-0.15, -0.1) is 0 Å². The van der Waals surface area contributed by atoms with Gasteiger partial charge in [-0.25, -0.2) is 9.97 Å². The standard InChI is InChI=1S/C15H19N5/c1-12-4-2-5-13(14(12)16)19-8-10-20(11-9-19)15-17-6-3-7-18-15/h2-7H,8-11,16H2,1H3. The van der Waals surface area contributed by atoms with Crippen molar-refractivity contribution in [3.8, 4) is 0 Å². The van der Waals surface area contributed by atoms with Gasteiger partial charge in [-0.1, -0.05) is 12.1 Å². The van der Waals surface area contributed by atoms with Gasteiger partial charge in [-0.05, 0) is 24.6 Å². The van der Waals surface area contributed by atoms with Crippen LogP contribution in [0.4, 0.5) is 17.3 Å². The van der Waals surface area contributed by atoms with Crippen LogP contribution in [0.25, 0.3) is 0 Å². The molecule has 1 fully saturated rings. The van der Waals surface area contributed by atoms with E-state index in [1.165, 1.54) is 0 Å². The van der Waals surface area contributed by atoms with Gasteiger partial charge in [0.05, 0.1) is 11.4 Å². The number of nitrogen functional groups attached to an aromatic ring is 1. The van der Waals surface area contributed by atoms with Gasteiger partial charge in [0, 0.05) is 38.6 Å². The smallest absolute Gasteiger partial charge is 0.225 e. The Bertz CT molecular complexity index is 576. The van der Waals surface area contributed by atoms with Crippen LogP contribution in [0.3, 0.4) is 0 Å². The summed E-state index contributed by atoms with van der Waals surface area (Å²) in [6.07, 6.45) is 3.57. The van der Waals surface area contributed by atoms with E-state index in [0.29, 0.717) is 0 Å². The zero-order valence-electron chi connectivity index (χ0n) is 11.7. The number of aryl methyl sites for hydroxylation is 1. The molecule has 5 nitrogen and oxygen atoms in total. The molecule has 1 aromatic carbocycles. The summed E-state index contributed by atoms with van der Waals surface area (Å²) in [6.45, 7) is 5.75. The molecule has 0 aliphatic carbocycles. The highest BCUT2D eigenvalue weighted by molar-refractivity contribution is 5.71. The third-order valence-corrected chi connectivity index (χ3v) is 3.76. The number of hydrogen-bond donors (Lipinski definition) is 1. The number of aromatic nitrogens is 2. The number of nitrogens with zero attached hydrogens (tertiary/aromatic N) is 4. The normalized spacial score (nSPS) is 15.4. The molecule has 0 spiro atoms. The maximum absolute atomic E-state index is 6.18. The van der Waals surface area contributed by atoms with Crippen molar-refractivity contribution in [2.45, 2.75) is 6.92 Å². The molecule has 20 heavy (non-hydrogen) atoms. The van der Waals surface area contributed by atoms with E-state index in [1.54, 1.807) is 12.4 Å². The SMILES string of the molecule is Cc1cccc(N2CCN(c3ncccn3)CC2)c1N. The highest BCUT2D eigenvalue weighted by atomic mass is 15.3. The quantitative estimate of drug-likeness (QED) is 0.841. The van der Waals surface area contributed by atoms with E-state index >= 15 is 0 Å². The van der Waals surface area contributed by atoms with Gasteiger partial charge in [0.2, 0.25) is 5.95 Å². The first-order valence-corrected chi connectivity index (χ1v) is 6.88. The second-order valence-electron chi connectivity index (χ2n) is 5.03. The number of benzene rings is 1. The fourth-order valence-electron chi connectivity index (χ4n) is 2.54. The van der Waals surface area contributed by atoms with Crippen molar-refractivity contribution < 1.29 is 0 Å². The van der Waals surface area contributed by atoms with Crippen molar-refractivity contribution in [2.75, 3.05) is 41.7 Å². The first-order chi connectivity index (χ1) is 9.75. The molecular formula is C15H19N5. The molecule has 0 radical (unpaired) electrons. The molecule has 5 heteroatoms. The molecule has 2 aromatic rings. The molecule has 1 aliphatic heterocycles. The zero-order valence-corrected chi connectivity index (χ0v) is 11.7. The van der Waals surface area contributed by atoms with Gasteiger partial charge in [-0.2, -0.15) is 0 Å². The third-order valence-electron chi connectivity index (χ3n) is 3.76. The van der Waals surface area contributed by atoms with Crippen LogP contribution >= 0.6 is 0 Å².